The maximum Gasteiger partial charge on any atom is 0.335 e. The van der Waals surface area contributed by atoms with Gasteiger partial charge in [0.15, 0.2) is 11.9 Å². The minimum Gasteiger partial charge on any atom is -0.478 e. The Balaban J connectivity index is 1.48. The average molecular weight is 460 g/mol. The summed E-state index contributed by atoms with van der Waals surface area (Å²) in [5.41, 5.74) is 3.50. The van der Waals surface area contributed by atoms with Gasteiger partial charge < -0.3 is 15.2 Å². The first-order chi connectivity index (χ1) is 16.1. The van der Waals surface area contributed by atoms with Crippen LogP contribution in [0.1, 0.15) is 27.7 Å². The molecule has 0 saturated carbocycles. The molecule has 33 heavy (non-hydrogen) atoms. The number of fused-ring (bicyclic) bond motifs is 3. The zero-order chi connectivity index (χ0) is 22.8. The summed E-state index contributed by atoms with van der Waals surface area (Å²) >= 11 is 1.26. The molecular weight excluding hydrogens is 443 g/mol. The number of nitrogens with zero attached hydrogens (tertiary/aromatic N) is 3. The van der Waals surface area contributed by atoms with Gasteiger partial charge >= 0.3 is 5.97 Å². The van der Waals surface area contributed by atoms with Crippen LogP contribution in [0.3, 0.4) is 0 Å². The van der Waals surface area contributed by atoms with Crippen LogP contribution in [-0.4, -0.2) is 26.3 Å². The van der Waals surface area contributed by atoms with E-state index in [0.717, 1.165) is 16.8 Å². The number of aromatic carboxylic acids is 1. The largest absolute Gasteiger partial charge is 0.478 e. The van der Waals surface area contributed by atoms with Crippen molar-refractivity contribution < 1.29 is 19.0 Å². The molecule has 164 valence electrons. The molecule has 3 aromatic carbocycles. The number of halogens is 1. The SMILES string of the molecule is O=C(O)c1ccc([C@@H]2Nc3ccccc3-c3nnc(SCc4ccccc4F)nc3O2)cc1. The Labute approximate surface area is 192 Å². The van der Waals surface area contributed by atoms with Gasteiger partial charge in [-0.1, -0.05) is 60.3 Å². The zero-order valence-corrected chi connectivity index (χ0v) is 17.9. The third-order valence-corrected chi connectivity index (χ3v) is 6.00. The Morgan fingerprint density at radius 2 is 1.79 bits per heavy atom. The predicted molar refractivity (Wildman–Crippen MR) is 122 cm³/mol. The fourth-order valence-electron chi connectivity index (χ4n) is 3.42. The van der Waals surface area contributed by atoms with E-state index in [2.05, 4.69) is 20.5 Å². The topological polar surface area (TPSA) is 97.2 Å². The van der Waals surface area contributed by atoms with Gasteiger partial charge in [0.25, 0.3) is 0 Å². The first kappa shape index (κ1) is 20.9. The zero-order valence-electron chi connectivity index (χ0n) is 17.1. The van der Waals surface area contributed by atoms with Crippen LogP contribution < -0.4 is 10.1 Å². The molecule has 1 aromatic heterocycles. The van der Waals surface area contributed by atoms with Crippen LogP contribution in [0.15, 0.2) is 78.0 Å². The van der Waals surface area contributed by atoms with Crippen LogP contribution in [-0.2, 0) is 5.75 Å². The molecule has 1 aliphatic rings. The number of nitrogens with one attached hydrogen (secondary N) is 1. The van der Waals surface area contributed by atoms with Gasteiger partial charge in [0.05, 0.1) is 5.56 Å². The molecule has 0 bridgehead atoms. The number of carboxylic acids is 1. The Bertz CT molecular complexity index is 1330. The Hall–Kier alpha value is -3.98. The fourth-order valence-corrected chi connectivity index (χ4v) is 4.18. The van der Waals surface area contributed by atoms with Crippen LogP contribution in [0, 0.1) is 5.82 Å². The van der Waals surface area contributed by atoms with E-state index in [4.69, 9.17) is 4.74 Å². The third-order valence-electron chi connectivity index (χ3n) is 5.11. The first-order valence-electron chi connectivity index (χ1n) is 10.1. The van der Waals surface area contributed by atoms with E-state index in [-0.39, 0.29) is 17.3 Å². The lowest BCUT2D eigenvalue weighted by Gasteiger charge is -2.19. The number of rotatable bonds is 5. The molecule has 7 nitrogen and oxygen atoms in total. The molecule has 0 saturated heterocycles. The van der Waals surface area contributed by atoms with Gasteiger partial charge in [-0.3, -0.25) is 0 Å². The number of aromatic nitrogens is 3. The third kappa shape index (κ3) is 4.35. The molecule has 0 amide bonds. The quantitative estimate of drug-likeness (QED) is 0.394. The Morgan fingerprint density at radius 1 is 1.03 bits per heavy atom. The summed E-state index contributed by atoms with van der Waals surface area (Å²) in [5, 5.41) is 21.4. The highest BCUT2D eigenvalue weighted by Gasteiger charge is 2.26. The average Bonchev–Trinajstić information content (AvgIpc) is 3.00. The summed E-state index contributed by atoms with van der Waals surface area (Å²) in [7, 11) is 0. The summed E-state index contributed by atoms with van der Waals surface area (Å²) < 4.78 is 20.1. The second kappa shape index (κ2) is 8.87. The molecule has 0 aliphatic carbocycles. The van der Waals surface area contributed by atoms with E-state index in [9.17, 15) is 14.3 Å². The number of benzene rings is 3. The molecular formula is C24H17FN4O3S. The monoisotopic (exact) mass is 460 g/mol. The van der Waals surface area contributed by atoms with Crippen molar-refractivity contribution in [1.29, 1.82) is 0 Å². The smallest absolute Gasteiger partial charge is 0.335 e. The van der Waals surface area contributed by atoms with Crippen molar-refractivity contribution in [2.45, 2.75) is 17.1 Å². The highest BCUT2D eigenvalue weighted by Crippen LogP contribution is 2.39. The van der Waals surface area contributed by atoms with E-state index >= 15 is 0 Å². The van der Waals surface area contributed by atoms with Gasteiger partial charge in [-0.05, 0) is 29.8 Å². The molecule has 4 aromatic rings. The van der Waals surface area contributed by atoms with Crippen molar-refractivity contribution in [3.8, 4) is 17.1 Å². The van der Waals surface area contributed by atoms with Gasteiger partial charge in [-0.2, -0.15) is 4.98 Å². The van der Waals surface area contributed by atoms with E-state index in [1.165, 1.54) is 30.0 Å². The lowest BCUT2D eigenvalue weighted by Crippen LogP contribution is -2.17. The summed E-state index contributed by atoms with van der Waals surface area (Å²) in [6.07, 6.45) is -0.628. The number of carbonyl (C=O) groups is 1. The first-order valence-corrected chi connectivity index (χ1v) is 11.0. The van der Waals surface area contributed by atoms with Crippen molar-refractivity contribution in [1.82, 2.24) is 15.2 Å². The standard InChI is InChI=1S/C24H17FN4O3S/c25-18-7-3-1-5-16(18)13-33-24-27-22-20(28-29-24)17-6-2-4-8-19(17)26-21(32-22)14-9-11-15(12-10-14)23(30)31/h1-12,21,26H,13H2,(H,30,31)/t21-/m1/s1. The molecule has 2 N–H and O–H groups in total. The molecule has 0 spiro atoms. The summed E-state index contributed by atoms with van der Waals surface area (Å²) in [6, 6.07) is 20.5. The van der Waals surface area contributed by atoms with Crippen LogP contribution in [0.5, 0.6) is 5.88 Å². The minimum atomic E-state index is -1.000. The van der Waals surface area contributed by atoms with Gasteiger partial charge in [0, 0.05) is 22.6 Å². The lowest BCUT2D eigenvalue weighted by atomic mass is 10.1. The number of carboxylic acid groups (broad SMARTS) is 1. The molecule has 9 heteroatoms. The van der Waals surface area contributed by atoms with E-state index in [0.29, 0.717) is 22.2 Å². The van der Waals surface area contributed by atoms with E-state index < -0.39 is 12.2 Å². The van der Waals surface area contributed by atoms with Crippen LogP contribution in [0.2, 0.25) is 0 Å². The van der Waals surface area contributed by atoms with Gasteiger partial charge in [0.1, 0.15) is 5.82 Å². The van der Waals surface area contributed by atoms with Gasteiger partial charge in [-0.15, -0.1) is 10.2 Å². The van der Waals surface area contributed by atoms with Gasteiger partial charge in [-0.25, -0.2) is 9.18 Å². The van der Waals surface area contributed by atoms with E-state index in [1.54, 1.807) is 30.3 Å². The number of anilines is 1. The summed E-state index contributed by atoms with van der Waals surface area (Å²) in [6.45, 7) is 0. The molecule has 0 radical (unpaired) electrons. The van der Waals surface area contributed by atoms with Crippen molar-refractivity contribution in [2.75, 3.05) is 5.32 Å². The minimum absolute atomic E-state index is 0.184. The normalized spacial score (nSPS) is 14.3. The molecule has 0 unspecified atom stereocenters. The number of hydrogen-bond donors (Lipinski definition) is 2. The highest BCUT2D eigenvalue weighted by molar-refractivity contribution is 7.98. The summed E-state index contributed by atoms with van der Waals surface area (Å²) in [4.78, 5) is 15.7. The maximum atomic E-state index is 14.0. The van der Waals surface area contributed by atoms with Crippen LogP contribution in [0.4, 0.5) is 10.1 Å². The Morgan fingerprint density at radius 3 is 2.58 bits per heavy atom. The number of thioether (sulfide) groups is 1. The van der Waals surface area contributed by atoms with Crippen molar-refractivity contribution in [2.24, 2.45) is 0 Å². The molecule has 0 fully saturated rings. The second-order valence-corrected chi connectivity index (χ2v) is 8.19. The van der Waals surface area contributed by atoms with Crippen LogP contribution in [0.25, 0.3) is 11.3 Å². The lowest BCUT2D eigenvalue weighted by molar-refractivity contribution is 0.0696. The molecule has 2 heterocycles. The predicted octanol–water partition coefficient (Wildman–Crippen LogP) is 5.17. The molecule has 1 aliphatic heterocycles. The fraction of sp³-hybridized carbons (Fsp3) is 0.0833. The molecule has 1 atom stereocenters. The molecule has 5 rings (SSSR count). The van der Waals surface area contributed by atoms with Crippen molar-refractivity contribution in [3.05, 3.63) is 95.3 Å². The number of ether oxygens (including phenoxy) is 1. The maximum absolute atomic E-state index is 14.0. The van der Waals surface area contributed by atoms with Crippen molar-refractivity contribution in [3.63, 3.8) is 0 Å². The highest BCUT2D eigenvalue weighted by atomic mass is 32.2. The van der Waals surface area contributed by atoms with E-state index in [1.807, 2.05) is 24.3 Å². The number of hydrogen-bond acceptors (Lipinski definition) is 7. The number of para-hydroxylation sites is 1. The summed E-state index contributed by atoms with van der Waals surface area (Å²) in [5.74, 6) is -0.652. The Kier molecular flexibility index (Phi) is 5.62. The van der Waals surface area contributed by atoms with Gasteiger partial charge in [0.2, 0.25) is 11.0 Å². The second-order valence-electron chi connectivity index (χ2n) is 7.24. The van der Waals surface area contributed by atoms with Crippen molar-refractivity contribution >= 4 is 23.4 Å². The van der Waals surface area contributed by atoms with Crippen LogP contribution >= 0.6 is 11.8 Å².